The second kappa shape index (κ2) is 8.47. The van der Waals surface area contributed by atoms with Gasteiger partial charge in [-0.2, -0.15) is 4.72 Å². The lowest BCUT2D eigenvalue weighted by atomic mass is 9.75. The van der Waals surface area contributed by atoms with Crippen molar-refractivity contribution in [3.63, 3.8) is 0 Å². The summed E-state index contributed by atoms with van der Waals surface area (Å²) in [5, 5.41) is 0. The molecule has 0 radical (unpaired) electrons. The fourth-order valence-corrected chi connectivity index (χ4v) is 8.96. The van der Waals surface area contributed by atoms with Crippen LogP contribution in [0.1, 0.15) is 27.8 Å². The summed E-state index contributed by atoms with van der Waals surface area (Å²) in [6.07, 6.45) is 1.96. The number of anilines is 4. The number of para-hydroxylation sites is 2. The Balaban J connectivity index is 1.24. The standard InChI is InChI=1S/C35H27N3O3S/c39-42(40)34-12-6-3-9-29(34)35(36-42)27-15-13-25(37-19-17-23-7-1-4-10-30(23)37)21-32(27)41-33-22-26(14-16-28(33)35)38-20-18-24-8-2-5-11-31(24)38/h1-16,21-22,36H,17-20H2. The minimum Gasteiger partial charge on any atom is -0.456 e. The molecule has 1 N–H and O–H groups in total. The van der Waals surface area contributed by atoms with Gasteiger partial charge in [-0.3, -0.25) is 0 Å². The van der Waals surface area contributed by atoms with Gasteiger partial charge < -0.3 is 14.5 Å². The zero-order chi connectivity index (χ0) is 28.1. The summed E-state index contributed by atoms with van der Waals surface area (Å²) in [7, 11) is -3.76. The fraction of sp³-hybridized carbons (Fsp3) is 0.143. The van der Waals surface area contributed by atoms with Crippen molar-refractivity contribution in [2.75, 3.05) is 22.9 Å². The molecule has 4 aliphatic rings. The van der Waals surface area contributed by atoms with E-state index in [0.717, 1.165) is 48.4 Å². The molecule has 42 heavy (non-hydrogen) atoms. The van der Waals surface area contributed by atoms with E-state index in [0.29, 0.717) is 22.0 Å². The minimum absolute atomic E-state index is 0.305. The monoisotopic (exact) mass is 569 g/mol. The van der Waals surface area contributed by atoms with Crippen molar-refractivity contribution in [2.45, 2.75) is 23.3 Å². The van der Waals surface area contributed by atoms with Crippen LogP contribution in [0.15, 0.2) is 114 Å². The lowest BCUT2D eigenvalue weighted by Crippen LogP contribution is -2.43. The normalized spacial score (nSPS) is 18.2. The zero-order valence-corrected chi connectivity index (χ0v) is 23.6. The second-order valence-electron chi connectivity index (χ2n) is 11.4. The molecule has 0 unspecified atom stereocenters. The summed E-state index contributed by atoms with van der Waals surface area (Å²) >= 11 is 0. The number of rotatable bonds is 2. The molecule has 7 heteroatoms. The van der Waals surface area contributed by atoms with Crippen LogP contribution >= 0.6 is 0 Å². The van der Waals surface area contributed by atoms with Crippen molar-refractivity contribution < 1.29 is 13.2 Å². The molecule has 5 aromatic carbocycles. The highest BCUT2D eigenvalue weighted by Gasteiger charge is 2.53. The highest BCUT2D eigenvalue weighted by molar-refractivity contribution is 7.90. The quantitative estimate of drug-likeness (QED) is 0.254. The number of ether oxygens (including phenoxy) is 1. The van der Waals surface area contributed by atoms with E-state index in [1.165, 1.54) is 22.5 Å². The SMILES string of the molecule is O=S1(=O)NC2(c3ccc(N4CCc5ccccc54)cc3Oc3cc(N4CCc5ccccc54)ccc32)c2ccccc21. The van der Waals surface area contributed by atoms with E-state index in [4.69, 9.17) is 4.74 Å². The van der Waals surface area contributed by atoms with Gasteiger partial charge in [0.05, 0.1) is 4.90 Å². The van der Waals surface area contributed by atoms with Crippen LogP contribution < -0.4 is 19.3 Å². The number of fused-ring (bicyclic) bond motifs is 8. The molecule has 6 nitrogen and oxygen atoms in total. The van der Waals surface area contributed by atoms with Crippen molar-refractivity contribution in [1.29, 1.82) is 0 Å². The summed E-state index contributed by atoms with van der Waals surface area (Å²) in [4.78, 5) is 4.93. The summed E-state index contributed by atoms with van der Waals surface area (Å²) in [5.74, 6) is 1.31. The molecule has 0 atom stereocenters. The van der Waals surface area contributed by atoms with Crippen molar-refractivity contribution in [2.24, 2.45) is 0 Å². The molecular weight excluding hydrogens is 542 g/mol. The Hall–Kier alpha value is -4.59. The Bertz CT molecular complexity index is 1950. The predicted octanol–water partition coefficient (Wildman–Crippen LogP) is 6.76. The predicted molar refractivity (Wildman–Crippen MR) is 164 cm³/mol. The number of nitrogens with zero attached hydrogens (tertiary/aromatic N) is 2. The van der Waals surface area contributed by atoms with Crippen LogP contribution in [0.3, 0.4) is 0 Å². The first-order valence-electron chi connectivity index (χ1n) is 14.3. The highest BCUT2D eigenvalue weighted by atomic mass is 32.2. The van der Waals surface area contributed by atoms with Crippen LogP contribution in [-0.4, -0.2) is 21.5 Å². The van der Waals surface area contributed by atoms with Crippen molar-refractivity contribution in [3.8, 4) is 11.5 Å². The molecule has 5 aromatic rings. The van der Waals surface area contributed by atoms with E-state index < -0.39 is 15.6 Å². The first-order chi connectivity index (χ1) is 20.5. The molecule has 0 saturated heterocycles. The molecule has 0 amide bonds. The molecular formula is C35H27N3O3S. The van der Waals surface area contributed by atoms with Gasteiger partial charge in [0.25, 0.3) is 0 Å². The number of benzene rings is 5. The first-order valence-corrected chi connectivity index (χ1v) is 15.8. The Morgan fingerprint density at radius 3 is 1.74 bits per heavy atom. The summed E-state index contributed by atoms with van der Waals surface area (Å²) in [6.45, 7) is 1.77. The van der Waals surface area contributed by atoms with E-state index >= 15 is 0 Å². The van der Waals surface area contributed by atoms with Crippen molar-refractivity contribution in [1.82, 2.24) is 4.72 Å². The molecule has 9 rings (SSSR count). The van der Waals surface area contributed by atoms with Gasteiger partial charge >= 0.3 is 0 Å². The summed E-state index contributed by atoms with van der Waals surface area (Å²) in [6, 6.07) is 36.6. The van der Waals surface area contributed by atoms with Crippen molar-refractivity contribution in [3.05, 3.63) is 137 Å². The molecule has 0 fully saturated rings. The fourth-order valence-electron chi connectivity index (χ4n) is 7.35. The maximum atomic E-state index is 13.6. The second-order valence-corrected chi connectivity index (χ2v) is 13.0. The first kappa shape index (κ1) is 24.1. The number of sulfonamides is 1. The van der Waals surface area contributed by atoms with E-state index in [1.807, 2.05) is 24.3 Å². The lowest BCUT2D eigenvalue weighted by molar-refractivity contribution is 0.411. The summed E-state index contributed by atoms with van der Waals surface area (Å²) in [5.41, 5.74) is 8.30. The van der Waals surface area contributed by atoms with Gasteiger partial charge in [-0.05, 0) is 54.3 Å². The minimum atomic E-state index is -3.76. The third-order valence-electron chi connectivity index (χ3n) is 9.22. The molecule has 0 bridgehead atoms. The van der Waals surface area contributed by atoms with Crippen LogP contribution in [-0.2, 0) is 28.4 Å². The molecule has 206 valence electrons. The third kappa shape index (κ3) is 3.20. The number of nitrogens with one attached hydrogen (secondary N) is 1. The van der Waals surface area contributed by atoms with Crippen LogP contribution in [0.5, 0.6) is 11.5 Å². The van der Waals surface area contributed by atoms with Crippen LogP contribution in [0.2, 0.25) is 0 Å². The number of hydrogen-bond donors (Lipinski definition) is 1. The Morgan fingerprint density at radius 2 is 1.14 bits per heavy atom. The van der Waals surface area contributed by atoms with E-state index in [2.05, 4.69) is 87.3 Å². The topological polar surface area (TPSA) is 61.9 Å². The Kier molecular flexibility index (Phi) is 4.85. The van der Waals surface area contributed by atoms with Gasteiger partial charge in [0, 0.05) is 64.7 Å². The Morgan fingerprint density at radius 1 is 0.619 bits per heavy atom. The molecule has 0 saturated carbocycles. The summed E-state index contributed by atoms with van der Waals surface area (Å²) < 4.78 is 37.0. The average molecular weight is 570 g/mol. The van der Waals surface area contributed by atoms with Crippen LogP contribution in [0.25, 0.3) is 0 Å². The average Bonchev–Trinajstić information content (AvgIpc) is 3.70. The number of hydrogen-bond acceptors (Lipinski definition) is 5. The largest absolute Gasteiger partial charge is 0.456 e. The van der Waals surface area contributed by atoms with Crippen LogP contribution in [0.4, 0.5) is 22.7 Å². The van der Waals surface area contributed by atoms with Crippen molar-refractivity contribution >= 4 is 32.8 Å². The van der Waals surface area contributed by atoms with E-state index in [-0.39, 0.29) is 0 Å². The van der Waals surface area contributed by atoms with Gasteiger partial charge in [-0.15, -0.1) is 0 Å². The lowest BCUT2D eigenvalue weighted by Gasteiger charge is -2.38. The Labute approximate surface area is 244 Å². The molecule has 1 spiro atoms. The van der Waals surface area contributed by atoms with E-state index in [1.54, 1.807) is 12.1 Å². The molecule has 4 aliphatic heterocycles. The van der Waals surface area contributed by atoms with Gasteiger partial charge in [0.1, 0.15) is 17.0 Å². The highest BCUT2D eigenvalue weighted by Crippen LogP contribution is 2.56. The van der Waals surface area contributed by atoms with Gasteiger partial charge in [0.15, 0.2) is 0 Å². The van der Waals surface area contributed by atoms with E-state index in [9.17, 15) is 8.42 Å². The van der Waals surface area contributed by atoms with Gasteiger partial charge in [0.2, 0.25) is 10.0 Å². The zero-order valence-electron chi connectivity index (χ0n) is 22.7. The van der Waals surface area contributed by atoms with Gasteiger partial charge in [-0.1, -0.05) is 66.7 Å². The maximum absolute atomic E-state index is 13.6. The third-order valence-corrected chi connectivity index (χ3v) is 10.7. The van der Waals surface area contributed by atoms with Crippen LogP contribution in [0, 0.1) is 0 Å². The molecule has 4 heterocycles. The smallest absolute Gasteiger partial charge is 0.242 e. The maximum Gasteiger partial charge on any atom is 0.242 e. The molecule has 0 aromatic heterocycles. The van der Waals surface area contributed by atoms with Gasteiger partial charge in [-0.25, -0.2) is 8.42 Å². The molecule has 0 aliphatic carbocycles.